The summed E-state index contributed by atoms with van der Waals surface area (Å²) in [4.78, 5) is 14.8. The van der Waals surface area contributed by atoms with Gasteiger partial charge in [0.15, 0.2) is 5.69 Å². The molecule has 5 heteroatoms. The molecule has 2 heterocycles. The Hall–Kier alpha value is -1.88. The van der Waals surface area contributed by atoms with E-state index in [9.17, 15) is 4.79 Å². The van der Waals surface area contributed by atoms with Crippen LogP contribution in [0.5, 0.6) is 0 Å². The van der Waals surface area contributed by atoms with E-state index in [1.54, 1.807) is 0 Å². The normalized spacial score (nSPS) is 18.5. The Balaban J connectivity index is 1.68. The molecule has 0 saturated carbocycles. The van der Waals surface area contributed by atoms with Crippen LogP contribution < -0.4 is 0 Å². The number of rotatable bonds is 5. The lowest BCUT2D eigenvalue weighted by atomic mass is 10.0. The first kappa shape index (κ1) is 17.0. The lowest BCUT2D eigenvalue weighted by molar-refractivity contribution is -0.0261. The number of aromatic nitrogens is 2. The van der Waals surface area contributed by atoms with E-state index in [2.05, 4.69) is 24.0 Å². The Bertz CT molecular complexity index is 708. The molecule has 24 heavy (non-hydrogen) atoms. The van der Waals surface area contributed by atoms with Gasteiger partial charge in [-0.1, -0.05) is 38.3 Å². The first-order chi connectivity index (χ1) is 11.5. The van der Waals surface area contributed by atoms with Gasteiger partial charge < -0.3 is 9.64 Å². The maximum Gasteiger partial charge on any atom is 0.275 e. The van der Waals surface area contributed by atoms with Crippen LogP contribution >= 0.6 is 0 Å². The molecule has 0 bridgehead atoms. The zero-order chi connectivity index (χ0) is 17.1. The zero-order valence-corrected chi connectivity index (χ0v) is 14.8. The molecule has 0 unspecified atom stereocenters. The number of hydrogen-bond acceptors (Lipinski definition) is 3. The van der Waals surface area contributed by atoms with Crippen LogP contribution in [0.25, 0.3) is 10.9 Å². The largest absolute Gasteiger partial charge is 0.375 e. The number of ether oxygens (including phenoxy) is 1. The number of hydrogen-bond donors (Lipinski definition) is 1. The van der Waals surface area contributed by atoms with Crippen LogP contribution in [-0.4, -0.2) is 46.8 Å². The summed E-state index contributed by atoms with van der Waals surface area (Å²) in [6, 6.07) is 6.02. The Morgan fingerprint density at radius 3 is 3.08 bits per heavy atom. The van der Waals surface area contributed by atoms with E-state index in [1.165, 1.54) is 6.42 Å². The van der Waals surface area contributed by atoms with E-state index in [4.69, 9.17) is 4.74 Å². The lowest BCUT2D eigenvalue weighted by Gasteiger charge is -2.32. The molecular weight excluding hydrogens is 302 g/mol. The first-order valence-electron chi connectivity index (χ1n) is 8.90. The number of amides is 1. The van der Waals surface area contributed by atoms with Crippen LogP contribution in [0.2, 0.25) is 0 Å². The number of aryl methyl sites for hydroxylation is 1. The molecule has 0 radical (unpaired) electrons. The Labute approximate surface area is 143 Å². The van der Waals surface area contributed by atoms with Crippen molar-refractivity contribution >= 4 is 16.8 Å². The highest BCUT2D eigenvalue weighted by atomic mass is 16.5. The molecule has 1 aromatic heterocycles. The Morgan fingerprint density at radius 2 is 2.29 bits per heavy atom. The number of fused-ring (bicyclic) bond motifs is 1. The van der Waals surface area contributed by atoms with E-state index in [0.717, 1.165) is 29.3 Å². The molecule has 3 rings (SSSR count). The molecule has 130 valence electrons. The van der Waals surface area contributed by atoms with Gasteiger partial charge in [0.05, 0.1) is 18.2 Å². The molecule has 1 saturated heterocycles. The molecule has 1 aliphatic rings. The minimum atomic E-state index is 0.00371. The van der Waals surface area contributed by atoms with E-state index in [0.29, 0.717) is 31.3 Å². The van der Waals surface area contributed by atoms with Crippen molar-refractivity contribution < 1.29 is 9.53 Å². The highest BCUT2D eigenvalue weighted by molar-refractivity contribution is 6.04. The van der Waals surface area contributed by atoms with Gasteiger partial charge in [0.25, 0.3) is 5.91 Å². The van der Waals surface area contributed by atoms with Crippen molar-refractivity contribution in [2.24, 2.45) is 5.92 Å². The molecule has 0 spiro atoms. The molecule has 1 N–H and O–H groups in total. The van der Waals surface area contributed by atoms with Crippen molar-refractivity contribution in [2.45, 2.75) is 46.1 Å². The van der Waals surface area contributed by atoms with Crippen LogP contribution in [-0.2, 0) is 4.74 Å². The molecule has 5 nitrogen and oxygen atoms in total. The van der Waals surface area contributed by atoms with E-state index >= 15 is 0 Å². The van der Waals surface area contributed by atoms with Gasteiger partial charge in [-0.3, -0.25) is 9.89 Å². The summed E-state index contributed by atoms with van der Waals surface area (Å²) in [7, 11) is 0. The molecule has 0 aliphatic carbocycles. The van der Waals surface area contributed by atoms with Crippen molar-refractivity contribution in [3.05, 3.63) is 29.5 Å². The average molecular weight is 329 g/mol. The van der Waals surface area contributed by atoms with Crippen LogP contribution in [0, 0.1) is 12.8 Å². The van der Waals surface area contributed by atoms with Gasteiger partial charge in [0.1, 0.15) is 0 Å². The van der Waals surface area contributed by atoms with Crippen LogP contribution in [0.15, 0.2) is 18.2 Å². The Morgan fingerprint density at radius 1 is 1.46 bits per heavy atom. The first-order valence-corrected chi connectivity index (χ1v) is 8.90. The summed E-state index contributed by atoms with van der Waals surface area (Å²) < 4.78 is 5.84. The summed E-state index contributed by atoms with van der Waals surface area (Å²) in [5, 5.41) is 8.13. The second-order valence-electron chi connectivity index (χ2n) is 7.19. The predicted molar refractivity (Wildman–Crippen MR) is 95.2 cm³/mol. The maximum atomic E-state index is 12.9. The average Bonchev–Trinajstić information content (AvgIpc) is 2.97. The van der Waals surface area contributed by atoms with Gasteiger partial charge in [-0.2, -0.15) is 5.10 Å². The summed E-state index contributed by atoms with van der Waals surface area (Å²) in [5.74, 6) is 0.717. The SMILES string of the molecule is Cc1ccc2[nH]nc(C(=O)N3CCO[C@@H](CCCC(C)C)C3)c2c1. The fourth-order valence-corrected chi connectivity index (χ4v) is 3.27. The zero-order valence-electron chi connectivity index (χ0n) is 14.8. The standard InChI is InChI=1S/C19H27N3O2/c1-13(2)5-4-6-15-12-22(9-10-24-15)19(23)18-16-11-14(3)7-8-17(16)20-21-18/h7-8,11,13,15H,4-6,9-10,12H2,1-3H3,(H,20,21)/t15-/m0/s1. The topological polar surface area (TPSA) is 58.2 Å². The van der Waals surface area contributed by atoms with Crippen molar-refractivity contribution in [3.63, 3.8) is 0 Å². The fraction of sp³-hybridized carbons (Fsp3) is 0.579. The minimum absolute atomic E-state index is 0.00371. The van der Waals surface area contributed by atoms with Crippen LogP contribution in [0.4, 0.5) is 0 Å². The number of H-pyrrole nitrogens is 1. The number of carbonyl (C=O) groups is 1. The highest BCUT2D eigenvalue weighted by Crippen LogP contribution is 2.21. The second-order valence-corrected chi connectivity index (χ2v) is 7.19. The van der Waals surface area contributed by atoms with Crippen LogP contribution in [0.1, 0.15) is 49.2 Å². The number of nitrogens with zero attached hydrogens (tertiary/aromatic N) is 2. The number of nitrogens with one attached hydrogen (secondary N) is 1. The number of benzene rings is 1. The second kappa shape index (κ2) is 7.34. The summed E-state index contributed by atoms with van der Waals surface area (Å²) >= 11 is 0. The van der Waals surface area contributed by atoms with Crippen molar-refractivity contribution in [2.75, 3.05) is 19.7 Å². The smallest absolute Gasteiger partial charge is 0.275 e. The van der Waals surface area contributed by atoms with E-state index < -0.39 is 0 Å². The van der Waals surface area contributed by atoms with E-state index in [1.807, 2.05) is 30.0 Å². The molecule has 1 aromatic carbocycles. The van der Waals surface area contributed by atoms with Gasteiger partial charge in [0, 0.05) is 18.5 Å². The lowest BCUT2D eigenvalue weighted by Crippen LogP contribution is -2.45. The van der Waals surface area contributed by atoms with Crippen molar-refractivity contribution in [1.82, 2.24) is 15.1 Å². The van der Waals surface area contributed by atoms with Gasteiger partial charge in [-0.15, -0.1) is 0 Å². The van der Waals surface area contributed by atoms with Gasteiger partial charge >= 0.3 is 0 Å². The monoisotopic (exact) mass is 329 g/mol. The molecule has 1 atom stereocenters. The molecular formula is C19H27N3O2. The summed E-state index contributed by atoms with van der Waals surface area (Å²) in [5.41, 5.74) is 2.56. The van der Waals surface area contributed by atoms with Gasteiger partial charge in [-0.05, 0) is 31.4 Å². The minimum Gasteiger partial charge on any atom is -0.375 e. The molecule has 1 fully saturated rings. The third-order valence-electron chi connectivity index (χ3n) is 4.65. The van der Waals surface area contributed by atoms with Crippen molar-refractivity contribution in [3.8, 4) is 0 Å². The van der Waals surface area contributed by atoms with Gasteiger partial charge in [0.2, 0.25) is 0 Å². The molecule has 2 aromatic rings. The van der Waals surface area contributed by atoms with E-state index in [-0.39, 0.29) is 12.0 Å². The Kier molecular flexibility index (Phi) is 5.19. The van der Waals surface area contributed by atoms with Gasteiger partial charge in [-0.25, -0.2) is 0 Å². The molecule has 1 amide bonds. The third kappa shape index (κ3) is 3.78. The maximum absolute atomic E-state index is 12.9. The highest BCUT2D eigenvalue weighted by Gasteiger charge is 2.27. The summed E-state index contributed by atoms with van der Waals surface area (Å²) in [6.45, 7) is 8.42. The fourth-order valence-electron chi connectivity index (χ4n) is 3.27. The summed E-state index contributed by atoms with van der Waals surface area (Å²) in [6.07, 6.45) is 3.52. The molecule has 1 aliphatic heterocycles. The quantitative estimate of drug-likeness (QED) is 0.913. The van der Waals surface area contributed by atoms with Crippen molar-refractivity contribution in [1.29, 1.82) is 0 Å². The number of carbonyl (C=O) groups excluding carboxylic acids is 1. The predicted octanol–water partition coefficient (Wildman–Crippen LogP) is 3.54. The third-order valence-corrected chi connectivity index (χ3v) is 4.65. The number of morpholine rings is 1. The number of aromatic amines is 1. The van der Waals surface area contributed by atoms with Crippen LogP contribution in [0.3, 0.4) is 0 Å².